The van der Waals surface area contributed by atoms with E-state index in [0.29, 0.717) is 17.2 Å². The van der Waals surface area contributed by atoms with E-state index in [2.05, 4.69) is 0 Å². The van der Waals surface area contributed by atoms with Crippen LogP contribution in [0.25, 0.3) is 11.0 Å². The van der Waals surface area contributed by atoms with Gasteiger partial charge < -0.3 is 9.15 Å². The number of nitrogens with zero attached hydrogens (tertiary/aromatic N) is 1. The molecule has 8 heteroatoms. The molecule has 0 fully saturated rings. The second kappa shape index (κ2) is 6.96. The molecule has 1 heterocycles. The van der Waals surface area contributed by atoms with Crippen LogP contribution in [0.3, 0.4) is 0 Å². The van der Waals surface area contributed by atoms with Gasteiger partial charge in [-0.2, -0.15) is 18.4 Å². The lowest BCUT2D eigenvalue weighted by molar-refractivity contribution is -0.136. The molecule has 1 aromatic heterocycles. The zero-order chi connectivity index (χ0) is 19.6. The molecule has 3 rings (SSSR count). The first-order valence-electron chi connectivity index (χ1n) is 7.59. The molecule has 0 aliphatic heterocycles. The Balaban J connectivity index is 1.82. The minimum atomic E-state index is -4.71. The number of carbonyl (C=O) groups is 1. The van der Waals surface area contributed by atoms with Gasteiger partial charge in [0.25, 0.3) is 0 Å². The fraction of sp³-hybridized carbons (Fsp3) is 0.105. The highest BCUT2D eigenvalue weighted by Gasteiger charge is 2.33. The fourth-order valence-corrected chi connectivity index (χ4v) is 2.43. The van der Waals surface area contributed by atoms with E-state index in [9.17, 15) is 22.8 Å². The van der Waals surface area contributed by atoms with E-state index in [1.54, 1.807) is 0 Å². The van der Waals surface area contributed by atoms with Crippen LogP contribution >= 0.6 is 0 Å². The number of fused-ring (bicyclic) bond motifs is 1. The largest absolute Gasteiger partial charge is 0.485 e. The molecular weight excluding hydrogens is 363 g/mol. The molecule has 0 spiro atoms. The van der Waals surface area contributed by atoms with Gasteiger partial charge in [0.1, 0.15) is 11.3 Å². The number of carbonyl (C=O) groups excluding carboxylic acids is 1. The monoisotopic (exact) mass is 373 g/mol. The Morgan fingerprint density at radius 2 is 1.81 bits per heavy atom. The lowest BCUT2D eigenvalue weighted by atomic mass is 10.1. The van der Waals surface area contributed by atoms with E-state index in [-0.39, 0.29) is 29.1 Å². The van der Waals surface area contributed by atoms with Crippen LogP contribution in [0.15, 0.2) is 57.7 Å². The number of hydrogen-bond donors (Lipinski definition) is 0. The number of hydrogen-bond acceptors (Lipinski definition) is 5. The van der Waals surface area contributed by atoms with Crippen molar-refractivity contribution in [3.63, 3.8) is 0 Å². The minimum absolute atomic E-state index is 0.0759. The van der Waals surface area contributed by atoms with Crippen molar-refractivity contribution >= 4 is 16.8 Å². The Hall–Kier alpha value is -3.60. The van der Waals surface area contributed by atoms with Crippen LogP contribution in [0.2, 0.25) is 0 Å². The first-order valence-corrected chi connectivity index (χ1v) is 7.59. The Morgan fingerprint density at radius 3 is 2.44 bits per heavy atom. The van der Waals surface area contributed by atoms with Crippen molar-refractivity contribution in [1.82, 2.24) is 0 Å². The van der Waals surface area contributed by atoms with Crippen molar-refractivity contribution < 1.29 is 27.1 Å². The highest BCUT2D eigenvalue weighted by Crippen LogP contribution is 2.34. The maximum atomic E-state index is 13.0. The molecule has 0 saturated carbocycles. The van der Waals surface area contributed by atoms with Crippen LogP contribution in [-0.2, 0) is 6.18 Å². The summed E-state index contributed by atoms with van der Waals surface area (Å²) < 4.78 is 49.2. The van der Waals surface area contributed by atoms with Crippen molar-refractivity contribution in [3.8, 4) is 11.8 Å². The average Bonchev–Trinajstić information content (AvgIpc) is 2.64. The van der Waals surface area contributed by atoms with Crippen molar-refractivity contribution in [2.45, 2.75) is 6.18 Å². The smallest absolute Gasteiger partial charge is 0.417 e. The number of nitriles is 1. The molecule has 0 atom stereocenters. The number of ether oxygens (including phenoxy) is 1. The number of rotatable bonds is 4. The third-order valence-electron chi connectivity index (χ3n) is 3.73. The lowest BCUT2D eigenvalue weighted by Gasteiger charge is -2.10. The van der Waals surface area contributed by atoms with Crippen LogP contribution in [0.5, 0.6) is 5.75 Å². The molecule has 0 unspecified atom stereocenters. The van der Waals surface area contributed by atoms with E-state index in [4.69, 9.17) is 14.4 Å². The summed E-state index contributed by atoms with van der Waals surface area (Å²) in [5, 5.41) is 8.45. The van der Waals surface area contributed by atoms with Gasteiger partial charge >= 0.3 is 11.8 Å². The predicted octanol–water partition coefficient (Wildman–Crippen LogP) is 3.95. The summed E-state index contributed by atoms with van der Waals surface area (Å²) in [5.41, 5.74) is -1.81. The molecule has 136 valence electrons. The second-order valence-electron chi connectivity index (χ2n) is 5.54. The summed E-state index contributed by atoms with van der Waals surface area (Å²) in [6.07, 6.45) is -4.71. The van der Waals surface area contributed by atoms with Crippen molar-refractivity contribution in [2.24, 2.45) is 0 Å². The second-order valence-corrected chi connectivity index (χ2v) is 5.54. The Labute approximate surface area is 150 Å². The SMILES string of the molecule is N#Cc1ccc(C(=O)COc2ccc3c(C(F)(F)F)cc(=O)oc3c2)cc1. The predicted molar refractivity (Wildman–Crippen MR) is 88.5 cm³/mol. The maximum absolute atomic E-state index is 13.0. The molecule has 0 bridgehead atoms. The van der Waals surface area contributed by atoms with E-state index >= 15 is 0 Å². The molecule has 2 aromatic carbocycles. The van der Waals surface area contributed by atoms with Gasteiger partial charge in [-0.15, -0.1) is 0 Å². The van der Waals surface area contributed by atoms with Gasteiger partial charge in [-0.05, 0) is 36.4 Å². The van der Waals surface area contributed by atoms with Crippen LogP contribution in [0.4, 0.5) is 13.2 Å². The quantitative estimate of drug-likeness (QED) is 0.511. The summed E-state index contributed by atoms with van der Waals surface area (Å²) in [5.74, 6) is -0.308. The van der Waals surface area contributed by atoms with Crippen LogP contribution in [-0.4, -0.2) is 12.4 Å². The maximum Gasteiger partial charge on any atom is 0.417 e. The molecule has 0 N–H and O–H groups in total. The summed E-state index contributed by atoms with van der Waals surface area (Å²) >= 11 is 0. The molecule has 5 nitrogen and oxygen atoms in total. The highest BCUT2D eigenvalue weighted by atomic mass is 19.4. The summed E-state index contributed by atoms with van der Waals surface area (Å²) in [4.78, 5) is 23.5. The van der Waals surface area contributed by atoms with Crippen molar-refractivity contribution in [3.05, 3.63) is 75.6 Å². The fourth-order valence-electron chi connectivity index (χ4n) is 2.43. The van der Waals surface area contributed by atoms with Crippen LogP contribution in [0.1, 0.15) is 21.5 Å². The molecule has 0 aliphatic rings. The summed E-state index contributed by atoms with van der Waals surface area (Å²) in [6, 6.07) is 11.7. The highest BCUT2D eigenvalue weighted by molar-refractivity contribution is 5.97. The number of benzene rings is 2. The van der Waals surface area contributed by atoms with Crippen LogP contribution in [0, 0.1) is 11.3 Å². The lowest BCUT2D eigenvalue weighted by Crippen LogP contribution is -2.12. The summed E-state index contributed by atoms with van der Waals surface area (Å²) in [6.45, 7) is -0.374. The number of ketones is 1. The third-order valence-corrected chi connectivity index (χ3v) is 3.73. The number of halogens is 3. The standard InChI is InChI=1S/C19H10F3NO4/c20-19(21,22)15-8-18(25)27-17-7-13(5-6-14(15)17)26-10-16(24)12-3-1-11(9-23)2-4-12/h1-8H,10H2. The first-order chi connectivity index (χ1) is 12.8. The first kappa shape index (κ1) is 18.2. The minimum Gasteiger partial charge on any atom is -0.485 e. The zero-order valence-electron chi connectivity index (χ0n) is 13.5. The van der Waals surface area contributed by atoms with Crippen molar-refractivity contribution in [2.75, 3.05) is 6.61 Å². The average molecular weight is 373 g/mol. The van der Waals surface area contributed by atoms with Gasteiger partial charge in [0.05, 0.1) is 17.2 Å². The Kier molecular flexibility index (Phi) is 4.69. The van der Waals surface area contributed by atoms with Gasteiger partial charge in [-0.3, -0.25) is 4.79 Å². The van der Waals surface area contributed by atoms with E-state index in [1.165, 1.54) is 30.3 Å². The van der Waals surface area contributed by atoms with Crippen molar-refractivity contribution in [1.29, 1.82) is 5.26 Å². The molecule has 27 heavy (non-hydrogen) atoms. The molecule has 0 radical (unpaired) electrons. The topological polar surface area (TPSA) is 80.3 Å². The molecular formula is C19H10F3NO4. The Bertz CT molecular complexity index is 1110. The van der Waals surface area contributed by atoms with Gasteiger partial charge in [0, 0.05) is 23.1 Å². The van der Waals surface area contributed by atoms with Crippen LogP contribution < -0.4 is 10.4 Å². The Morgan fingerprint density at radius 1 is 1.11 bits per heavy atom. The van der Waals surface area contributed by atoms with Gasteiger partial charge in [0.2, 0.25) is 0 Å². The van der Waals surface area contributed by atoms with E-state index in [1.807, 2.05) is 6.07 Å². The normalized spacial score (nSPS) is 11.2. The van der Waals surface area contributed by atoms with E-state index < -0.39 is 17.4 Å². The number of alkyl halides is 3. The molecule has 3 aromatic rings. The van der Waals surface area contributed by atoms with E-state index in [0.717, 1.165) is 12.1 Å². The summed E-state index contributed by atoms with van der Waals surface area (Å²) in [7, 11) is 0. The van der Waals surface area contributed by atoms with Gasteiger partial charge in [-0.25, -0.2) is 4.79 Å². The third kappa shape index (κ3) is 3.98. The molecule has 0 saturated heterocycles. The van der Waals surface area contributed by atoms with Gasteiger partial charge in [-0.1, -0.05) is 0 Å². The molecule has 0 amide bonds. The number of Topliss-reactive ketones (excluding diaryl/α,β-unsaturated/α-hetero) is 1. The van der Waals surface area contributed by atoms with Gasteiger partial charge in [0.15, 0.2) is 12.4 Å². The molecule has 0 aliphatic carbocycles. The zero-order valence-corrected chi connectivity index (χ0v) is 13.5.